The summed E-state index contributed by atoms with van der Waals surface area (Å²) < 4.78 is 23.8. The summed E-state index contributed by atoms with van der Waals surface area (Å²) in [5.41, 5.74) is 1.60. The van der Waals surface area contributed by atoms with Crippen LogP contribution in [0.15, 0.2) is 23.1 Å². The lowest BCUT2D eigenvalue weighted by Gasteiger charge is -2.60. The Kier molecular flexibility index (Phi) is 4.31. The summed E-state index contributed by atoms with van der Waals surface area (Å²) in [5, 5.41) is 2.99. The number of sulfone groups is 1. The third-order valence-corrected chi connectivity index (χ3v) is 8.60. The van der Waals surface area contributed by atoms with Crippen molar-refractivity contribution in [1.82, 2.24) is 0 Å². The van der Waals surface area contributed by atoms with Crippen molar-refractivity contribution in [3.05, 3.63) is 23.8 Å². The van der Waals surface area contributed by atoms with Gasteiger partial charge in [-0.3, -0.25) is 4.79 Å². The first-order valence-electron chi connectivity index (χ1n) is 9.35. The minimum absolute atomic E-state index is 0.0109. The second-order valence-corrected chi connectivity index (χ2v) is 12.8. The van der Waals surface area contributed by atoms with Gasteiger partial charge in [0.15, 0.2) is 9.84 Å². The van der Waals surface area contributed by atoms with Gasteiger partial charge in [0.05, 0.1) is 4.90 Å². The van der Waals surface area contributed by atoms with Gasteiger partial charge in [-0.15, -0.1) is 0 Å². The number of carbonyl (C=O) groups excluding carboxylic acids is 1. The first-order valence-corrected chi connectivity index (χ1v) is 12.0. The molecule has 0 radical (unpaired) electrons. The van der Waals surface area contributed by atoms with Gasteiger partial charge in [-0.2, -0.15) is 0 Å². The molecule has 1 aromatic carbocycles. The molecule has 5 rings (SSSR count). The number of aryl methyl sites for hydroxylation is 1. The molecule has 4 nitrogen and oxygen atoms in total. The van der Waals surface area contributed by atoms with E-state index in [-0.39, 0.29) is 20.5 Å². The van der Waals surface area contributed by atoms with Crippen molar-refractivity contribution in [2.45, 2.75) is 61.1 Å². The van der Waals surface area contributed by atoms with Gasteiger partial charge in [0.1, 0.15) is 0 Å². The SMILES string of the molecule is Cc1ccc(S(C)(=O)=O)cc1NC(=O)CC12C[C@H]3C[C@@H](CC(Br)(C3)C1)C2. The van der Waals surface area contributed by atoms with Crippen molar-refractivity contribution in [1.29, 1.82) is 0 Å². The lowest BCUT2D eigenvalue weighted by molar-refractivity contribution is -0.123. The van der Waals surface area contributed by atoms with Gasteiger partial charge >= 0.3 is 0 Å². The fourth-order valence-electron chi connectivity index (χ4n) is 6.04. The Bertz CT molecular complexity index is 850. The Balaban J connectivity index is 1.52. The number of nitrogens with one attached hydrogen (secondary N) is 1. The van der Waals surface area contributed by atoms with Gasteiger partial charge in [-0.05, 0) is 80.4 Å². The van der Waals surface area contributed by atoms with Crippen LogP contribution in [-0.2, 0) is 14.6 Å². The maximum Gasteiger partial charge on any atom is 0.224 e. The summed E-state index contributed by atoms with van der Waals surface area (Å²) in [7, 11) is -3.29. The third-order valence-electron chi connectivity index (χ3n) is 6.56. The summed E-state index contributed by atoms with van der Waals surface area (Å²) in [6, 6.07) is 4.92. The Labute approximate surface area is 164 Å². The van der Waals surface area contributed by atoms with Crippen LogP contribution in [0, 0.1) is 24.2 Å². The van der Waals surface area contributed by atoms with Crippen molar-refractivity contribution in [3.63, 3.8) is 0 Å². The smallest absolute Gasteiger partial charge is 0.224 e. The average molecular weight is 440 g/mol. The highest BCUT2D eigenvalue weighted by atomic mass is 79.9. The van der Waals surface area contributed by atoms with Crippen molar-refractivity contribution in [2.24, 2.45) is 17.3 Å². The topological polar surface area (TPSA) is 63.2 Å². The number of benzene rings is 1. The zero-order valence-electron chi connectivity index (χ0n) is 15.3. The lowest BCUT2D eigenvalue weighted by Crippen LogP contribution is -2.53. The number of rotatable bonds is 4. The largest absolute Gasteiger partial charge is 0.326 e. The fourth-order valence-corrected chi connectivity index (χ4v) is 8.20. The molecule has 1 aromatic rings. The fraction of sp³-hybridized carbons (Fsp3) is 0.650. The van der Waals surface area contributed by atoms with E-state index in [4.69, 9.17) is 0 Å². The van der Waals surface area contributed by atoms with E-state index in [1.165, 1.54) is 25.5 Å². The molecule has 4 aliphatic carbocycles. The molecular weight excluding hydrogens is 414 g/mol. The molecule has 142 valence electrons. The highest BCUT2D eigenvalue weighted by molar-refractivity contribution is 9.10. The van der Waals surface area contributed by atoms with E-state index in [9.17, 15) is 13.2 Å². The van der Waals surface area contributed by atoms with Crippen molar-refractivity contribution < 1.29 is 13.2 Å². The van der Waals surface area contributed by atoms with Crippen LogP contribution < -0.4 is 5.32 Å². The Morgan fingerprint density at radius 3 is 2.46 bits per heavy atom. The van der Waals surface area contributed by atoms with Gasteiger partial charge in [-0.1, -0.05) is 22.0 Å². The van der Waals surface area contributed by atoms with Crippen molar-refractivity contribution >= 4 is 37.4 Å². The molecule has 26 heavy (non-hydrogen) atoms. The van der Waals surface area contributed by atoms with Gasteiger partial charge in [0.25, 0.3) is 0 Å². The number of carbonyl (C=O) groups is 1. The summed E-state index contributed by atoms with van der Waals surface area (Å²) in [5.74, 6) is 1.51. The van der Waals surface area contributed by atoms with Crippen molar-refractivity contribution in [2.75, 3.05) is 11.6 Å². The number of anilines is 1. The van der Waals surface area contributed by atoms with E-state index < -0.39 is 9.84 Å². The minimum atomic E-state index is -3.29. The monoisotopic (exact) mass is 439 g/mol. The molecule has 1 N–H and O–H groups in total. The first-order chi connectivity index (χ1) is 12.1. The van der Waals surface area contributed by atoms with Crippen LogP contribution >= 0.6 is 15.9 Å². The lowest BCUT2D eigenvalue weighted by atomic mass is 9.48. The molecule has 4 fully saturated rings. The molecule has 0 heterocycles. The zero-order chi connectivity index (χ0) is 18.7. The second kappa shape index (κ2) is 6.06. The molecule has 0 aliphatic heterocycles. The molecule has 1 amide bonds. The van der Waals surface area contributed by atoms with Gasteiger partial charge in [0.2, 0.25) is 5.91 Å². The second-order valence-electron chi connectivity index (χ2n) is 9.09. The van der Waals surface area contributed by atoms with Gasteiger partial charge in [-0.25, -0.2) is 8.42 Å². The summed E-state index contributed by atoms with van der Waals surface area (Å²) >= 11 is 3.99. The quantitative estimate of drug-likeness (QED) is 0.704. The Morgan fingerprint density at radius 2 is 1.88 bits per heavy atom. The van der Waals surface area contributed by atoms with E-state index in [0.29, 0.717) is 12.1 Å². The Hall–Kier alpha value is -0.880. The van der Waals surface area contributed by atoms with Gasteiger partial charge in [0, 0.05) is 22.7 Å². The molecular formula is C20H26BrNO3S. The zero-order valence-corrected chi connectivity index (χ0v) is 17.7. The first kappa shape index (κ1) is 18.5. The number of hydrogen-bond donors (Lipinski definition) is 1. The highest BCUT2D eigenvalue weighted by Gasteiger charge is 2.57. The van der Waals surface area contributed by atoms with Crippen LogP contribution in [0.5, 0.6) is 0 Å². The summed E-state index contributed by atoms with van der Waals surface area (Å²) in [4.78, 5) is 13.1. The third kappa shape index (κ3) is 3.47. The number of hydrogen-bond acceptors (Lipinski definition) is 3. The highest BCUT2D eigenvalue weighted by Crippen LogP contribution is 2.65. The van der Waals surface area contributed by atoms with Crippen LogP contribution in [0.4, 0.5) is 5.69 Å². The van der Waals surface area contributed by atoms with E-state index in [0.717, 1.165) is 36.7 Å². The van der Waals surface area contributed by atoms with Crippen LogP contribution in [0.25, 0.3) is 0 Å². The molecule has 0 aromatic heterocycles. The predicted molar refractivity (Wildman–Crippen MR) is 106 cm³/mol. The molecule has 0 spiro atoms. The number of halogens is 1. The minimum Gasteiger partial charge on any atom is -0.326 e. The van der Waals surface area contributed by atoms with Crippen LogP contribution in [0.3, 0.4) is 0 Å². The molecule has 2 atom stereocenters. The molecule has 0 saturated heterocycles. The molecule has 4 bridgehead atoms. The normalized spacial score (nSPS) is 35.5. The maximum atomic E-state index is 12.8. The van der Waals surface area contributed by atoms with E-state index in [1.807, 2.05) is 6.92 Å². The van der Waals surface area contributed by atoms with E-state index in [1.54, 1.807) is 18.2 Å². The van der Waals surface area contributed by atoms with Crippen LogP contribution in [0.1, 0.15) is 50.5 Å². The van der Waals surface area contributed by atoms with Gasteiger partial charge < -0.3 is 5.32 Å². The molecule has 6 heteroatoms. The number of alkyl halides is 1. The molecule has 4 aliphatic rings. The molecule has 4 saturated carbocycles. The predicted octanol–water partition coefficient (Wildman–Crippen LogP) is 4.46. The van der Waals surface area contributed by atoms with Crippen LogP contribution in [0.2, 0.25) is 0 Å². The molecule has 0 unspecified atom stereocenters. The standard InChI is InChI=1S/C20H26BrNO3S/c1-13-3-4-16(26(2,24)25)6-17(13)22-18(23)11-19-7-14-5-15(8-19)10-20(21,9-14)12-19/h3-4,6,14-15H,5,7-12H2,1-2H3,(H,22,23)/t14-,15-,19?,20?/m1/s1. The van der Waals surface area contributed by atoms with Crippen molar-refractivity contribution in [3.8, 4) is 0 Å². The summed E-state index contributed by atoms with van der Waals surface area (Å²) in [6.07, 6.45) is 8.96. The summed E-state index contributed by atoms with van der Waals surface area (Å²) in [6.45, 7) is 1.89. The average Bonchev–Trinajstić information content (AvgIpc) is 2.45. The van der Waals surface area contributed by atoms with Crippen LogP contribution in [-0.4, -0.2) is 24.9 Å². The maximum absolute atomic E-state index is 12.8. The Morgan fingerprint density at radius 1 is 1.23 bits per heavy atom. The van der Waals surface area contributed by atoms with E-state index in [2.05, 4.69) is 21.2 Å². The van der Waals surface area contributed by atoms with E-state index >= 15 is 0 Å². The number of amides is 1.